The maximum atomic E-state index is 5.59. The highest BCUT2D eigenvalue weighted by Gasteiger charge is 2.00. The van der Waals surface area contributed by atoms with Crippen LogP contribution in [0.15, 0.2) is 21.2 Å². The Bertz CT molecular complexity index is 220. The van der Waals surface area contributed by atoms with Crippen molar-refractivity contribution in [1.82, 2.24) is 0 Å². The lowest BCUT2D eigenvalue weighted by molar-refractivity contribution is 0.490. The highest BCUT2D eigenvalue weighted by atomic mass is 79.9. The van der Waals surface area contributed by atoms with E-state index in [2.05, 4.69) is 15.9 Å². The van der Waals surface area contributed by atoms with Crippen LogP contribution < -0.4 is 5.73 Å². The van der Waals surface area contributed by atoms with Gasteiger partial charge in [0.05, 0.1) is 4.47 Å². The molecule has 11 heavy (non-hydrogen) atoms. The van der Waals surface area contributed by atoms with Gasteiger partial charge in [0.15, 0.2) is 0 Å². The monoisotopic (exact) mass is 217 g/mol. The summed E-state index contributed by atoms with van der Waals surface area (Å²) in [4.78, 5) is 0. The summed E-state index contributed by atoms with van der Waals surface area (Å²) in [6.07, 6.45) is 3.58. The van der Waals surface area contributed by atoms with Gasteiger partial charge < -0.3 is 10.2 Å². The third kappa shape index (κ3) is 3.08. The highest BCUT2D eigenvalue weighted by molar-refractivity contribution is 9.10. The zero-order valence-corrected chi connectivity index (χ0v) is 8.10. The Morgan fingerprint density at radius 3 is 2.91 bits per heavy atom. The van der Waals surface area contributed by atoms with Crippen LogP contribution >= 0.6 is 15.9 Å². The smallest absolute Gasteiger partial charge is 0.105 e. The average molecular weight is 218 g/mol. The van der Waals surface area contributed by atoms with Crippen molar-refractivity contribution >= 4 is 15.9 Å². The fourth-order valence-corrected chi connectivity index (χ4v) is 1.20. The van der Waals surface area contributed by atoms with Gasteiger partial charge in [-0.25, -0.2) is 0 Å². The summed E-state index contributed by atoms with van der Waals surface area (Å²) in [6.45, 7) is 2.00. The molecule has 1 heterocycles. The van der Waals surface area contributed by atoms with Gasteiger partial charge in [0, 0.05) is 12.5 Å². The molecule has 62 valence electrons. The van der Waals surface area contributed by atoms with Crippen molar-refractivity contribution in [2.45, 2.75) is 25.8 Å². The number of rotatable bonds is 3. The number of hydrogen-bond donors (Lipinski definition) is 1. The van der Waals surface area contributed by atoms with E-state index in [1.807, 2.05) is 13.0 Å². The van der Waals surface area contributed by atoms with E-state index in [0.717, 1.165) is 23.1 Å². The van der Waals surface area contributed by atoms with Crippen LogP contribution in [0.5, 0.6) is 0 Å². The second kappa shape index (κ2) is 3.93. The Labute approximate surface area is 74.9 Å². The topological polar surface area (TPSA) is 39.2 Å². The molecule has 3 heteroatoms. The molecule has 0 saturated heterocycles. The summed E-state index contributed by atoms with van der Waals surface area (Å²) in [5.41, 5.74) is 5.59. The highest BCUT2D eigenvalue weighted by Crippen LogP contribution is 2.15. The first-order chi connectivity index (χ1) is 5.18. The summed E-state index contributed by atoms with van der Waals surface area (Å²) < 4.78 is 6.21. The van der Waals surface area contributed by atoms with Crippen LogP contribution in [0.4, 0.5) is 0 Å². The zero-order chi connectivity index (χ0) is 8.27. The molecule has 0 aromatic carbocycles. The fraction of sp³-hybridized carbons (Fsp3) is 0.500. The Balaban J connectivity index is 2.39. The molecular formula is C8H12BrNO. The molecule has 1 rings (SSSR count). The minimum atomic E-state index is 0.249. The van der Waals surface area contributed by atoms with Gasteiger partial charge in [-0.2, -0.15) is 0 Å². The molecule has 0 aliphatic heterocycles. The van der Waals surface area contributed by atoms with E-state index in [-0.39, 0.29) is 6.04 Å². The summed E-state index contributed by atoms with van der Waals surface area (Å²) in [5.74, 6) is 0.995. The second-order valence-electron chi connectivity index (χ2n) is 2.75. The van der Waals surface area contributed by atoms with Crippen LogP contribution in [0.2, 0.25) is 0 Å². The van der Waals surface area contributed by atoms with Crippen molar-refractivity contribution in [3.05, 3.63) is 22.6 Å². The van der Waals surface area contributed by atoms with E-state index in [9.17, 15) is 0 Å². The van der Waals surface area contributed by atoms with Gasteiger partial charge in [-0.3, -0.25) is 0 Å². The summed E-state index contributed by atoms with van der Waals surface area (Å²) in [5, 5.41) is 0. The van der Waals surface area contributed by atoms with E-state index in [0.29, 0.717) is 0 Å². The largest absolute Gasteiger partial charge is 0.468 e. The SMILES string of the molecule is C[C@H](N)CCc1cc(Br)co1. The Morgan fingerprint density at radius 1 is 1.73 bits per heavy atom. The molecule has 0 bridgehead atoms. The first-order valence-electron chi connectivity index (χ1n) is 3.67. The van der Waals surface area contributed by atoms with Crippen molar-refractivity contribution < 1.29 is 4.42 Å². The molecule has 1 atom stereocenters. The summed E-state index contributed by atoms with van der Waals surface area (Å²) in [7, 11) is 0. The summed E-state index contributed by atoms with van der Waals surface area (Å²) >= 11 is 3.31. The van der Waals surface area contributed by atoms with Gasteiger partial charge in [0.2, 0.25) is 0 Å². The average Bonchev–Trinajstić information content (AvgIpc) is 2.31. The molecule has 2 N–H and O–H groups in total. The second-order valence-corrected chi connectivity index (χ2v) is 3.66. The maximum absolute atomic E-state index is 5.59. The molecular weight excluding hydrogens is 206 g/mol. The molecule has 0 unspecified atom stereocenters. The third-order valence-electron chi connectivity index (χ3n) is 1.47. The van der Waals surface area contributed by atoms with Crippen molar-refractivity contribution in [2.24, 2.45) is 5.73 Å². The van der Waals surface area contributed by atoms with E-state index < -0.39 is 0 Å². The van der Waals surface area contributed by atoms with Gasteiger partial charge in [0.25, 0.3) is 0 Å². The molecule has 2 nitrogen and oxygen atoms in total. The van der Waals surface area contributed by atoms with Crippen molar-refractivity contribution in [1.29, 1.82) is 0 Å². The predicted molar refractivity (Wildman–Crippen MR) is 48.4 cm³/mol. The lowest BCUT2D eigenvalue weighted by Gasteiger charge is -2.00. The maximum Gasteiger partial charge on any atom is 0.105 e. The van der Waals surface area contributed by atoms with Crippen LogP contribution in [0.1, 0.15) is 19.1 Å². The van der Waals surface area contributed by atoms with Gasteiger partial charge in [-0.05, 0) is 35.3 Å². The van der Waals surface area contributed by atoms with Gasteiger partial charge in [-0.15, -0.1) is 0 Å². The molecule has 0 radical (unpaired) electrons. The van der Waals surface area contributed by atoms with Crippen molar-refractivity contribution in [2.75, 3.05) is 0 Å². The van der Waals surface area contributed by atoms with Crippen LogP contribution in [0, 0.1) is 0 Å². The van der Waals surface area contributed by atoms with Gasteiger partial charge in [-0.1, -0.05) is 0 Å². The lowest BCUT2D eigenvalue weighted by atomic mass is 10.2. The number of hydrogen-bond acceptors (Lipinski definition) is 2. The van der Waals surface area contributed by atoms with Gasteiger partial charge in [0.1, 0.15) is 12.0 Å². The van der Waals surface area contributed by atoms with E-state index >= 15 is 0 Å². The van der Waals surface area contributed by atoms with Gasteiger partial charge >= 0.3 is 0 Å². The quantitative estimate of drug-likeness (QED) is 0.845. The number of aryl methyl sites for hydroxylation is 1. The molecule has 0 saturated carbocycles. The standard InChI is InChI=1S/C8H12BrNO/c1-6(10)2-3-8-4-7(9)5-11-8/h4-6H,2-3,10H2,1H3/t6-/m0/s1. The minimum absolute atomic E-state index is 0.249. The predicted octanol–water partition coefficient (Wildman–Crippen LogP) is 2.32. The first-order valence-corrected chi connectivity index (χ1v) is 4.46. The number of nitrogens with two attached hydrogens (primary N) is 1. The van der Waals surface area contributed by atoms with Crippen molar-refractivity contribution in [3.63, 3.8) is 0 Å². The molecule has 0 fully saturated rings. The van der Waals surface area contributed by atoms with E-state index in [1.54, 1.807) is 6.26 Å². The minimum Gasteiger partial charge on any atom is -0.468 e. The first kappa shape index (κ1) is 8.81. The summed E-state index contributed by atoms with van der Waals surface area (Å²) in [6, 6.07) is 2.22. The zero-order valence-electron chi connectivity index (χ0n) is 6.51. The number of furan rings is 1. The Kier molecular flexibility index (Phi) is 3.15. The van der Waals surface area contributed by atoms with Crippen LogP contribution in [0.3, 0.4) is 0 Å². The number of halogens is 1. The molecule has 0 aliphatic rings. The molecule has 0 aliphatic carbocycles. The van der Waals surface area contributed by atoms with E-state index in [4.69, 9.17) is 10.2 Å². The fourth-order valence-electron chi connectivity index (χ4n) is 0.855. The van der Waals surface area contributed by atoms with Crippen LogP contribution in [-0.2, 0) is 6.42 Å². The van der Waals surface area contributed by atoms with Crippen molar-refractivity contribution in [3.8, 4) is 0 Å². The molecule has 0 spiro atoms. The lowest BCUT2D eigenvalue weighted by Crippen LogP contribution is -2.15. The molecule has 0 amide bonds. The Morgan fingerprint density at radius 2 is 2.45 bits per heavy atom. The van der Waals surface area contributed by atoms with Crippen LogP contribution in [0.25, 0.3) is 0 Å². The normalized spacial score (nSPS) is 13.4. The Hall–Kier alpha value is -0.280. The molecule has 1 aromatic heterocycles. The van der Waals surface area contributed by atoms with Crippen LogP contribution in [-0.4, -0.2) is 6.04 Å². The third-order valence-corrected chi connectivity index (χ3v) is 1.88. The molecule has 1 aromatic rings. The van der Waals surface area contributed by atoms with E-state index in [1.165, 1.54) is 0 Å².